The molecule has 1 heterocycles. The Morgan fingerprint density at radius 3 is 2.46 bits per heavy atom. The third-order valence-electron chi connectivity index (χ3n) is 6.48. The van der Waals surface area contributed by atoms with Crippen molar-refractivity contribution in [2.24, 2.45) is 17.8 Å². The van der Waals surface area contributed by atoms with Crippen LogP contribution in [0.5, 0.6) is 5.75 Å². The number of ether oxygens (including phenoxy) is 1. The minimum atomic E-state index is -0.342. The SMILES string of the molecule is COc1ccc(CSc2nnc(C34CC5CC(CC(C5)C3)C4)o2)cc1F. The Bertz CT molecular complexity index is 787. The number of aromatic nitrogens is 2. The van der Waals surface area contributed by atoms with E-state index >= 15 is 0 Å². The van der Waals surface area contributed by atoms with Crippen molar-refractivity contribution < 1.29 is 13.5 Å². The minimum Gasteiger partial charge on any atom is -0.494 e. The summed E-state index contributed by atoms with van der Waals surface area (Å²) in [6, 6.07) is 5.02. The second kappa shape index (κ2) is 6.25. The van der Waals surface area contributed by atoms with E-state index in [9.17, 15) is 4.39 Å². The zero-order valence-corrected chi connectivity index (χ0v) is 15.7. The number of halogens is 1. The van der Waals surface area contributed by atoms with Crippen LogP contribution < -0.4 is 4.74 Å². The lowest BCUT2D eigenvalue weighted by Crippen LogP contribution is -2.48. The van der Waals surface area contributed by atoms with Crippen LogP contribution in [0.1, 0.15) is 50.0 Å². The first-order chi connectivity index (χ1) is 12.6. The number of methoxy groups -OCH3 is 1. The van der Waals surface area contributed by atoms with Gasteiger partial charge in [-0.15, -0.1) is 10.2 Å². The van der Waals surface area contributed by atoms with Crippen LogP contribution in [0.25, 0.3) is 0 Å². The average molecular weight is 374 g/mol. The molecular weight excluding hydrogens is 351 g/mol. The normalized spacial score (nSPS) is 32.2. The molecule has 2 aromatic rings. The monoisotopic (exact) mass is 374 g/mol. The van der Waals surface area contributed by atoms with E-state index in [0.29, 0.717) is 11.0 Å². The van der Waals surface area contributed by atoms with Crippen molar-refractivity contribution in [2.75, 3.05) is 7.11 Å². The molecule has 0 N–H and O–H groups in total. The number of hydrogen-bond donors (Lipinski definition) is 0. The number of hydrogen-bond acceptors (Lipinski definition) is 5. The van der Waals surface area contributed by atoms with Crippen LogP contribution in [-0.2, 0) is 11.2 Å². The lowest BCUT2D eigenvalue weighted by molar-refractivity contribution is -0.0191. The van der Waals surface area contributed by atoms with Crippen LogP contribution in [0.15, 0.2) is 27.8 Å². The first-order valence-corrected chi connectivity index (χ1v) is 10.4. The van der Waals surface area contributed by atoms with Gasteiger partial charge in [0.2, 0.25) is 5.89 Å². The van der Waals surface area contributed by atoms with Crippen LogP contribution in [0, 0.1) is 23.6 Å². The predicted octanol–water partition coefficient (Wildman–Crippen LogP) is 4.98. The molecule has 1 aromatic carbocycles. The molecule has 0 unspecified atom stereocenters. The molecule has 0 spiro atoms. The lowest BCUT2D eigenvalue weighted by atomic mass is 9.49. The molecule has 0 saturated heterocycles. The summed E-state index contributed by atoms with van der Waals surface area (Å²) in [6.45, 7) is 0. The summed E-state index contributed by atoms with van der Waals surface area (Å²) in [6.07, 6.45) is 7.85. The van der Waals surface area contributed by atoms with Gasteiger partial charge in [0.05, 0.1) is 7.11 Å². The fourth-order valence-electron chi connectivity index (χ4n) is 5.80. The molecule has 4 aliphatic rings. The highest BCUT2D eigenvalue weighted by atomic mass is 32.2. The summed E-state index contributed by atoms with van der Waals surface area (Å²) >= 11 is 1.47. The van der Waals surface area contributed by atoms with Gasteiger partial charge in [-0.25, -0.2) is 4.39 Å². The maximum absolute atomic E-state index is 13.8. The number of rotatable bonds is 5. The van der Waals surface area contributed by atoms with Gasteiger partial charge in [0.25, 0.3) is 5.22 Å². The first-order valence-electron chi connectivity index (χ1n) is 9.43. The van der Waals surface area contributed by atoms with Crippen molar-refractivity contribution in [2.45, 2.75) is 54.9 Å². The van der Waals surface area contributed by atoms with Crippen LogP contribution in [0.4, 0.5) is 4.39 Å². The summed E-state index contributed by atoms with van der Waals surface area (Å²) < 4.78 is 24.9. The number of thioether (sulfide) groups is 1. The van der Waals surface area contributed by atoms with Gasteiger partial charge in [0.15, 0.2) is 11.6 Å². The lowest BCUT2D eigenvalue weighted by Gasteiger charge is -2.55. The smallest absolute Gasteiger partial charge is 0.276 e. The second-order valence-corrected chi connectivity index (χ2v) is 9.26. The van der Waals surface area contributed by atoms with E-state index < -0.39 is 0 Å². The first kappa shape index (κ1) is 16.6. The molecule has 4 bridgehead atoms. The molecular formula is C20H23FN2O2S. The topological polar surface area (TPSA) is 48.2 Å². The highest BCUT2D eigenvalue weighted by Gasteiger charge is 2.54. The number of nitrogens with zero attached hydrogens (tertiary/aromatic N) is 2. The standard InChI is InChI=1S/C20H23FN2O2S/c1-24-17-3-2-12(7-16(17)21)11-26-19-23-22-18(25-19)20-8-13-4-14(9-20)6-15(5-13)10-20/h2-3,7,13-15H,4-6,8-11H2,1H3. The fourth-order valence-corrected chi connectivity index (χ4v) is 6.51. The Balaban J connectivity index is 1.29. The Morgan fingerprint density at radius 2 is 1.85 bits per heavy atom. The van der Waals surface area contributed by atoms with Gasteiger partial charge >= 0.3 is 0 Å². The van der Waals surface area contributed by atoms with Crippen LogP contribution >= 0.6 is 11.8 Å². The summed E-state index contributed by atoms with van der Waals surface area (Å²) in [5, 5.41) is 9.29. The van der Waals surface area contributed by atoms with Crippen molar-refractivity contribution in [1.82, 2.24) is 10.2 Å². The molecule has 0 atom stereocenters. The van der Waals surface area contributed by atoms with Gasteiger partial charge < -0.3 is 9.15 Å². The maximum Gasteiger partial charge on any atom is 0.276 e. The Morgan fingerprint density at radius 1 is 1.15 bits per heavy atom. The van der Waals surface area contributed by atoms with Gasteiger partial charge in [-0.3, -0.25) is 0 Å². The van der Waals surface area contributed by atoms with Crippen molar-refractivity contribution in [3.05, 3.63) is 35.5 Å². The van der Waals surface area contributed by atoms with Crippen LogP contribution in [0.3, 0.4) is 0 Å². The molecule has 4 aliphatic carbocycles. The minimum absolute atomic E-state index is 0.132. The number of benzene rings is 1. The molecule has 4 nitrogen and oxygen atoms in total. The third kappa shape index (κ3) is 2.82. The molecule has 138 valence electrons. The summed E-state index contributed by atoms with van der Waals surface area (Å²) in [5.74, 6) is 3.93. The van der Waals surface area contributed by atoms with Crippen molar-refractivity contribution in [3.8, 4) is 5.75 Å². The quantitative estimate of drug-likeness (QED) is 0.691. The maximum atomic E-state index is 13.8. The molecule has 0 amide bonds. The molecule has 4 fully saturated rings. The van der Waals surface area contributed by atoms with E-state index in [2.05, 4.69) is 10.2 Å². The van der Waals surface area contributed by atoms with Gasteiger partial charge in [0.1, 0.15) is 0 Å². The predicted molar refractivity (Wildman–Crippen MR) is 96.7 cm³/mol. The summed E-state index contributed by atoms with van der Waals surface area (Å²) in [7, 11) is 1.47. The Kier molecular flexibility index (Phi) is 3.99. The summed E-state index contributed by atoms with van der Waals surface area (Å²) in [4.78, 5) is 0. The molecule has 6 rings (SSSR count). The molecule has 6 heteroatoms. The van der Waals surface area contributed by atoms with E-state index in [1.165, 1.54) is 63.5 Å². The highest BCUT2D eigenvalue weighted by molar-refractivity contribution is 7.98. The van der Waals surface area contributed by atoms with Crippen LogP contribution in [0.2, 0.25) is 0 Å². The Labute approximate surface area is 156 Å². The average Bonchev–Trinajstić information content (AvgIpc) is 3.09. The van der Waals surface area contributed by atoms with Gasteiger partial charge in [-0.1, -0.05) is 17.8 Å². The van der Waals surface area contributed by atoms with E-state index in [0.717, 1.165) is 29.2 Å². The second-order valence-electron chi connectivity index (χ2n) is 8.33. The zero-order valence-electron chi connectivity index (χ0n) is 14.9. The molecule has 4 saturated carbocycles. The van der Waals surface area contributed by atoms with Gasteiger partial charge in [-0.2, -0.15) is 0 Å². The van der Waals surface area contributed by atoms with Crippen molar-refractivity contribution in [3.63, 3.8) is 0 Å². The van der Waals surface area contributed by atoms with Crippen molar-refractivity contribution >= 4 is 11.8 Å². The molecule has 26 heavy (non-hydrogen) atoms. The van der Waals surface area contributed by atoms with E-state index in [4.69, 9.17) is 9.15 Å². The molecule has 0 aliphatic heterocycles. The third-order valence-corrected chi connectivity index (χ3v) is 7.37. The Hall–Kier alpha value is -1.56. The van der Waals surface area contributed by atoms with Crippen molar-refractivity contribution in [1.29, 1.82) is 0 Å². The highest BCUT2D eigenvalue weighted by Crippen LogP contribution is 2.60. The summed E-state index contributed by atoms with van der Waals surface area (Å²) in [5.41, 5.74) is 1.01. The van der Waals surface area contributed by atoms with Crippen LogP contribution in [-0.4, -0.2) is 17.3 Å². The van der Waals surface area contributed by atoms with E-state index in [1.54, 1.807) is 6.07 Å². The van der Waals surface area contributed by atoms with Gasteiger partial charge in [0, 0.05) is 11.2 Å². The molecule has 0 radical (unpaired) electrons. The van der Waals surface area contributed by atoms with E-state index in [1.807, 2.05) is 6.07 Å². The van der Waals surface area contributed by atoms with E-state index in [-0.39, 0.29) is 17.0 Å². The zero-order chi connectivity index (χ0) is 17.7. The fraction of sp³-hybridized carbons (Fsp3) is 0.600. The van der Waals surface area contributed by atoms with Gasteiger partial charge in [-0.05, 0) is 74.0 Å². The molecule has 1 aromatic heterocycles. The largest absolute Gasteiger partial charge is 0.494 e.